The molecule has 0 aliphatic carbocycles. The molecule has 0 unspecified atom stereocenters. The van der Waals surface area contributed by atoms with Crippen molar-refractivity contribution in [3.8, 4) is 5.69 Å². The molecule has 0 saturated heterocycles. The third kappa shape index (κ3) is 4.20. The zero-order chi connectivity index (χ0) is 20.4. The molecule has 4 nitrogen and oxygen atoms in total. The number of benzene rings is 3. The average molecular weight is 402 g/mol. The molecule has 1 atom stereocenters. The number of carbonyl (C=O) groups excluding carboxylic acids is 1. The van der Waals surface area contributed by atoms with E-state index >= 15 is 0 Å². The maximum absolute atomic E-state index is 12.8. The Balaban J connectivity index is 1.64. The highest BCUT2D eigenvalue weighted by atomic mass is 32.2. The molecule has 0 radical (unpaired) electrons. The number of carbonyl (C=O) groups is 1. The van der Waals surface area contributed by atoms with Crippen LogP contribution in [0.25, 0.3) is 16.7 Å². The van der Waals surface area contributed by atoms with Crippen LogP contribution in [0, 0.1) is 13.8 Å². The summed E-state index contributed by atoms with van der Waals surface area (Å²) < 4.78 is 2.12. The van der Waals surface area contributed by atoms with Crippen LogP contribution in [-0.4, -0.2) is 20.7 Å². The third-order valence-corrected chi connectivity index (χ3v) is 5.81. The van der Waals surface area contributed by atoms with Gasteiger partial charge in [0, 0.05) is 11.4 Å². The Morgan fingerprint density at radius 1 is 0.966 bits per heavy atom. The van der Waals surface area contributed by atoms with Gasteiger partial charge in [-0.15, -0.1) is 0 Å². The Morgan fingerprint density at radius 2 is 1.72 bits per heavy atom. The molecule has 4 rings (SSSR count). The van der Waals surface area contributed by atoms with E-state index < -0.39 is 0 Å². The summed E-state index contributed by atoms with van der Waals surface area (Å²) in [5.41, 5.74) is 6.13. The summed E-state index contributed by atoms with van der Waals surface area (Å²) in [4.78, 5) is 17.6. The van der Waals surface area contributed by atoms with Gasteiger partial charge in [0.05, 0.1) is 16.3 Å². The minimum absolute atomic E-state index is 0.0388. The van der Waals surface area contributed by atoms with E-state index in [1.807, 2.05) is 56.3 Å². The second-order valence-corrected chi connectivity index (χ2v) is 8.48. The summed E-state index contributed by atoms with van der Waals surface area (Å²) in [5, 5.41) is 3.52. The highest BCUT2D eigenvalue weighted by Crippen LogP contribution is 2.31. The fourth-order valence-electron chi connectivity index (χ4n) is 3.20. The molecule has 0 fully saturated rings. The standard InChI is InChI=1S/C24H23N3OS/c1-16-11-13-20(14-12-16)27-22-10-5-4-9-21(22)26-24(27)29-18(3)23(28)25-19-8-6-7-17(2)15-19/h4-15,18H,1-3H3,(H,25,28)/t18-/m1/s1. The SMILES string of the molecule is Cc1ccc(-n2c(S[C@H](C)C(=O)Nc3cccc(C)c3)nc3ccccc32)cc1. The molecule has 4 aromatic rings. The van der Waals surface area contributed by atoms with E-state index in [9.17, 15) is 4.79 Å². The monoisotopic (exact) mass is 401 g/mol. The van der Waals surface area contributed by atoms with E-state index in [1.54, 1.807) is 0 Å². The van der Waals surface area contributed by atoms with Crippen LogP contribution >= 0.6 is 11.8 Å². The van der Waals surface area contributed by atoms with E-state index in [2.05, 4.69) is 47.1 Å². The van der Waals surface area contributed by atoms with Crippen molar-refractivity contribution in [3.05, 3.63) is 83.9 Å². The number of fused-ring (bicyclic) bond motifs is 1. The molecule has 0 aliphatic heterocycles. The van der Waals surface area contributed by atoms with Gasteiger partial charge in [0.1, 0.15) is 0 Å². The lowest BCUT2D eigenvalue weighted by Crippen LogP contribution is -2.22. The number of hydrogen-bond donors (Lipinski definition) is 1. The zero-order valence-corrected chi connectivity index (χ0v) is 17.5. The van der Waals surface area contributed by atoms with Crippen LogP contribution in [0.3, 0.4) is 0 Å². The number of aryl methyl sites for hydroxylation is 2. The molecule has 3 aromatic carbocycles. The van der Waals surface area contributed by atoms with Gasteiger partial charge in [0.15, 0.2) is 5.16 Å². The highest BCUT2D eigenvalue weighted by Gasteiger charge is 2.20. The molecule has 0 saturated carbocycles. The van der Waals surface area contributed by atoms with Gasteiger partial charge in [-0.2, -0.15) is 0 Å². The fraction of sp³-hybridized carbons (Fsp3) is 0.167. The molecule has 0 bridgehead atoms. The first-order chi connectivity index (χ1) is 14.0. The maximum Gasteiger partial charge on any atom is 0.237 e. The number of anilines is 1. The predicted molar refractivity (Wildman–Crippen MR) is 121 cm³/mol. The molecule has 5 heteroatoms. The molecular formula is C24H23N3OS. The molecule has 1 amide bonds. The maximum atomic E-state index is 12.8. The minimum atomic E-state index is -0.295. The molecule has 0 aliphatic rings. The lowest BCUT2D eigenvalue weighted by molar-refractivity contribution is -0.115. The number of rotatable bonds is 5. The van der Waals surface area contributed by atoms with Crippen molar-refractivity contribution in [2.24, 2.45) is 0 Å². The largest absolute Gasteiger partial charge is 0.325 e. The smallest absolute Gasteiger partial charge is 0.237 e. The van der Waals surface area contributed by atoms with Crippen molar-refractivity contribution >= 4 is 34.4 Å². The van der Waals surface area contributed by atoms with Gasteiger partial charge in [-0.3, -0.25) is 9.36 Å². The van der Waals surface area contributed by atoms with Crippen LogP contribution in [0.1, 0.15) is 18.1 Å². The van der Waals surface area contributed by atoms with Crippen molar-refractivity contribution in [3.63, 3.8) is 0 Å². The van der Waals surface area contributed by atoms with Crippen molar-refractivity contribution in [2.75, 3.05) is 5.32 Å². The third-order valence-electron chi connectivity index (χ3n) is 4.76. The Labute approximate surface area is 175 Å². The van der Waals surface area contributed by atoms with Gasteiger partial charge >= 0.3 is 0 Å². The van der Waals surface area contributed by atoms with Gasteiger partial charge in [-0.25, -0.2) is 4.98 Å². The van der Waals surface area contributed by atoms with Crippen molar-refractivity contribution in [1.29, 1.82) is 0 Å². The molecule has 0 spiro atoms. The number of imidazole rings is 1. The van der Waals surface area contributed by atoms with Crippen LogP contribution in [0.2, 0.25) is 0 Å². The zero-order valence-electron chi connectivity index (χ0n) is 16.7. The number of hydrogen-bond acceptors (Lipinski definition) is 3. The van der Waals surface area contributed by atoms with Gasteiger partial charge in [0.25, 0.3) is 0 Å². The van der Waals surface area contributed by atoms with Crippen molar-refractivity contribution in [1.82, 2.24) is 9.55 Å². The molecule has 1 heterocycles. The van der Waals surface area contributed by atoms with Crippen LogP contribution in [0.5, 0.6) is 0 Å². The number of nitrogens with zero attached hydrogens (tertiary/aromatic N) is 2. The average Bonchev–Trinajstić information content (AvgIpc) is 3.06. The van der Waals surface area contributed by atoms with E-state index in [0.29, 0.717) is 0 Å². The summed E-state index contributed by atoms with van der Waals surface area (Å²) >= 11 is 1.47. The number of para-hydroxylation sites is 2. The van der Waals surface area contributed by atoms with Crippen molar-refractivity contribution < 1.29 is 4.79 Å². The van der Waals surface area contributed by atoms with E-state index in [1.165, 1.54) is 17.3 Å². The van der Waals surface area contributed by atoms with Crippen LogP contribution in [-0.2, 0) is 4.79 Å². The quantitative estimate of drug-likeness (QED) is 0.432. The minimum Gasteiger partial charge on any atom is -0.325 e. The van der Waals surface area contributed by atoms with E-state index in [0.717, 1.165) is 33.1 Å². The first kappa shape index (κ1) is 19.3. The van der Waals surface area contributed by atoms with Crippen LogP contribution in [0.4, 0.5) is 5.69 Å². The Morgan fingerprint density at radius 3 is 2.48 bits per heavy atom. The predicted octanol–water partition coefficient (Wildman–Crippen LogP) is 5.76. The molecule has 1 aromatic heterocycles. The molecule has 29 heavy (non-hydrogen) atoms. The van der Waals surface area contributed by atoms with E-state index in [-0.39, 0.29) is 11.2 Å². The van der Waals surface area contributed by atoms with Crippen LogP contribution in [0.15, 0.2) is 78.0 Å². The Hall–Kier alpha value is -3.05. The summed E-state index contributed by atoms with van der Waals surface area (Å²) in [5.74, 6) is -0.0388. The Kier molecular flexibility index (Phi) is 5.41. The van der Waals surface area contributed by atoms with Crippen molar-refractivity contribution in [2.45, 2.75) is 31.2 Å². The summed E-state index contributed by atoms with van der Waals surface area (Å²) in [6.07, 6.45) is 0. The first-order valence-corrected chi connectivity index (χ1v) is 10.5. The van der Waals surface area contributed by atoms with Crippen LogP contribution < -0.4 is 5.32 Å². The normalized spacial score (nSPS) is 12.1. The topological polar surface area (TPSA) is 46.9 Å². The molecule has 146 valence electrons. The summed E-state index contributed by atoms with van der Waals surface area (Å²) in [7, 11) is 0. The summed E-state index contributed by atoms with van der Waals surface area (Å²) in [6, 6.07) is 24.2. The Bertz CT molecular complexity index is 1160. The van der Waals surface area contributed by atoms with E-state index in [4.69, 9.17) is 4.98 Å². The lowest BCUT2D eigenvalue weighted by atomic mass is 10.2. The second kappa shape index (κ2) is 8.13. The number of aromatic nitrogens is 2. The molecular weight excluding hydrogens is 378 g/mol. The highest BCUT2D eigenvalue weighted by molar-refractivity contribution is 8.00. The first-order valence-electron chi connectivity index (χ1n) is 9.60. The van der Waals surface area contributed by atoms with Gasteiger partial charge < -0.3 is 5.32 Å². The second-order valence-electron chi connectivity index (χ2n) is 7.17. The van der Waals surface area contributed by atoms with Gasteiger partial charge in [-0.05, 0) is 62.7 Å². The van der Waals surface area contributed by atoms with Gasteiger partial charge in [-0.1, -0.05) is 53.7 Å². The lowest BCUT2D eigenvalue weighted by Gasteiger charge is -2.14. The number of nitrogens with one attached hydrogen (secondary N) is 1. The molecule has 1 N–H and O–H groups in total. The number of thioether (sulfide) groups is 1. The number of amides is 1. The summed E-state index contributed by atoms with van der Waals surface area (Å²) in [6.45, 7) is 6.00. The fourth-order valence-corrected chi connectivity index (χ4v) is 4.15. The van der Waals surface area contributed by atoms with Gasteiger partial charge in [0.2, 0.25) is 5.91 Å².